The van der Waals surface area contributed by atoms with Crippen LogP contribution < -0.4 is 4.74 Å². The fraction of sp³-hybridized carbons (Fsp3) is 0.360. The van der Waals surface area contributed by atoms with Gasteiger partial charge in [-0.2, -0.15) is 13.2 Å². The van der Waals surface area contributed by atoms with Crippen LogP contribution in [0.3, 0.4) is 0 Å². The standard InChI is InChI=1S/C25H24F4N4O2/c1-15-5-3-12-33(19(15)14-35-20-9-7-17(13-32-20)25(27,28)29)24(34)21-16(2)6-8-18(26)22(21)23-30-10-4-11-31-23/h4,6-11,13,15,19H,3,5,12,14H2,1-2H3/t15-,19-/m1/s1. The fourth-order valence-corrected chi connectivity index (χ4v) is 4.31. The van der Waals surface area contributed by atoms with Gasteiger partial charge in [-0.3, -0.25) is 4.79 Å². The van der Waals surface area contributed by atoms with Crippen LogP contribution in [-0.4, -0.2) is 45.0 Å². The summed E-state index contributed by atoms with van der Waals surface area (Å²) in [5.41, 5.74) is -0.0630. The first-order valence-electron chi connectivity index (χ1n) is 11.2. The Labute approximate surface area is 200 Å². The Morgan fingerprint density at radius 2 is 1.89 bits per heavy atom. The lowest BCUT2D eigenvalue weighted by Gasteiger charge is -2.40. The highest BCUT2D eigenvalue weighted by atomic mass is 19.4. The lowest BCUT2D eigenvalue weighted by molar-refractivity contribution is -0.137. The average molecular weight is 488 g/mol. The summed E-state index contributed by atoms with van der Waals surface area (Å²) in [5, 5.41) is 0. The number of amides is 1. The molecule has 2 aromatic heterocycles. The van der Waals surface area contributed by atoms with Crippen molar-refractivity contribution >= 4 is 5.91 Å². The molecule has 35 heavy (non-hydrogen) atoms. The number of carbonyl (C=O) groups excluding carboxylic acids is 1. The summed E-state index contributed by atoms with van der Waals surface area (Å²) in [6, 6.07) is 6.11. The molecule has 6 nitrogen and oxygen atoms in total. The van der Waals surface area contributed by atoms with Crippen LogP contribution in [0.5, 0.6) is 5.88 Å². The quantitative estimate of drug-likeness (QED) is 0.455. The molecule has 4 rings (SSSR count). The second-order valence-corrected chi connectivity index (χ2v) is 8.57. The van der Waals surface area contributed by atoms with E-state index in [1.54, 1.807) is 24.0 Å². The van der Waals surface area contributed by atoms with Crippen LogP contribution >= 0.6 is 0 Å². The van der Waals surface area contributed by atoms with Gasteiger partial charge in [-0.15, -0.1) is 0 Å². The number of hydrogen-bond acceptors (Lipinski definition) is 5. The normalized spacial score (nSPS) is 18.4. The monoisotopic (exact) mass is 488 g/mol. The van der Waals surface area contributed by atoms with Crippen molar-refractivity contribution in [3.63, 3.8) is 0 Å². The molecule has 0 N–H and O–H groups in total. The first-order chi connectivity index (χ1) is 16.7. The lowest BCUT2D eigenvalue weighted by Crippen LogP contribution is -2.51. The Bertz CT molecular complexity index is 1190. The molecule has 0 bridgehead atoms. The van der Waals surface area contributed by atoms with Gasteiger partial charge in [0.05, 0.1) is 22.7 Å². The molecule has 0 radical (unpaired) electrons. The molecular weight excluding hydrogens is 464 g/mol. The molecule has 1 amide bonds. The second kappa shape index (κ2) is 9.97. The van der Waals surface area contributed by atoms with Gasteiger partial charge in [0.15, 0.2) is 5.82 Å². The molecule has 0 saturated carbocycles. The number of piperidine rings is 1. The van der Waals surface area contributed by atoms with Crippen molar-refractivity contribution in [2.24, 2.45) is 5.92 Å². The summed E-state index contributed by atoms with van der Waals surface area (Å²) in [6.07, 6.45) is 0.785. The molecule has 0 spiro atoms. The average Bonchev–Trinajstić information content (AvgIpc) is 2.84. The molecular formula is C25H24F4N4O2. The maximum absolute atomic E-state index is 14.9. The third-order valence-electron chi connectivity index (χ3n) is 6.21. The summed E-state index contributed by atoms with van der Waals surface area (Å²) in [6.45, 7) is 4.18. The molecule has 184 valence electrons. The zero-order valence-electron chi connectivity index (χ0n) is 19.2. The van der Waals surface area contributed by atoms with E-state index in [1.165, 1.54) is 18.5 Å². The topological polar surface area (TPSA) is 68.2 Å². The molecule has 3 aromatic rings. The van der Waals surface area contributed by atoms with Crippen LogP contribution in [0.4, 0.5) is 17.6 Å². The molecule has 3 heterocycles. The molecule has 1 saturated heterocycles. The smallest absolute Gasteiger partial charge is 0.417 e. The Hall–Kier alpha value is -3.56. The van der Waals surface area contributed by atoms with E-state index >= 15 is 0 Å². The molecule has 1 aromatic carbocycles. The molecule has 10 heteroatoms. The Kier molecular flexibility index (Phi) is 7.00. The van der Waals surface area contributed by atoms with Crippen molar-refractivity contribution in [1.82, 2.24) is 19.9 Å². The second-order valence-electron chi connectivity index (χ2n) is 8.57. The van der Waals surface area contributed by atoms with Crippen LogP contribution in [0.25, 0.3) is 11.4 Å². The van der Waals surface area contributed by atoms with Crippen LogP contribution in [-0.2, 0) is 6.18 Å². The van der Waals surface area contributed by atoms with Gasteiger partial charge < -0.3 is 9.64 Å². The van der Waals surface area contributed by atoms with Gasteiger partial charge in [0, 0.05) is 31.2 Å². The minimum atomic E-state index is -4.49. The van der Waals surface area contributed by atoms with E-state index in [9.17, 15) is 22.4 Å². The zero-order valence-corrected chi connectivity index (χ0v) is 19.2. The number of nitrogens with zero attached hydrogens (tertiary/aromatic N) is 4. The predicted octanol–water partition coefficient (Wildman–Crippen LogP) is 5.32. The number of aromatic nitrogens is 3. The zero-order chi connectivity index (χ0) is 25.2. The van der Waals surface area contributed by atoms with Gasteiger partial charge in [0.1, 0.15) is 12.4 Å². The van der Waals surface area contributed by atoms with E-state index in [4.69, 9.17) is 4.74 Å². The van der Waals surface area contributed by atoms with Gasteiger partial charge in [0.2, 0.25) is 5.88 Å². The minimum Gasteiger partial charge on any atom is -0.475 e. The van der Waals surface area contributed by atoms with Gasteiger partial charge in [0.25, 0.3) is 5.91 Å². The first kappa shape index (κ1) is 24.6. The van der Waals surface area contributed by atoms with E-state index in [-0.39, 0.29) is 47.3 Å². The highest BCUT2D eigenvalue weighted by Crippen LogP contribution is 2.32. The third kappa shape index (κ3) is 5.26. The van der Waals surface area contributed by atoms with Crippen LogP contribution in [0.2, 0.25) is 0 Å². The van der Waals surface area contributed by atoms with Gasteiger partial charge in [-0.25, -0.2) is 19.3 Å². The van der Waals surface area contributed by atoms with E-state index in [2.05, 4.69) is 15.0 Å². The summed E-state index contributed by atoms with van der Waals surface area (Å²) in [7, 11) is 0. The van der Waals surface area contributed by atoms with E-state index in [0.29, 0.717) is 18.3 Å². The number of hydrogen-bond donors (Lipinski definition) is 0. The molecule has 1 aliphatic heterocycles. The van der Waals surface area contributed by atoms with Crippen molar-refractivity contribution in [2.75, 3.05) is 13.2 Å². The van der Waals surface area contributed by atoms with Crippen molar-refractivity contribution in [1.29, 1.82) is 0 Å². The predicted molar refractivity (Wildman–Crippen MR) is 120 cm³/mol. The largest absolute Gasteiger partial charge is 0.475 e. The molecule has 1 fully saturated rings. The number of pyridine rings is 1. The number of ether oxygens (including phenoxy) is 1. The van der Waals surface area contributed by atoms with Crippen molar-refractivity contribution in [3.8, 4) is 17.3 Å². The number of aryl methyl sites for hydroxylation is 1. The number of rotatable bonds is 5. The maximum atomic E-state index is 14.9. The molecule has 0 aliphatic carbocycles. The Balaban J connectivity index is 1.61. The minimum absolute atomic E-state index is 0.0310. The van der Waals surface area contributed by atoms with E-state index in [0.717, 1.165) is 25.0 Å². The van der Waals surface area contributed by atoms with Crippen molar-refractivity contribution in [2.45, 2.75) is 38.9 Å². The molecule has 0 unspecified atom stereocenters. The highest BCUT2D eigenvalue weighted by molar-refractivity contribution is 6.02. The lowest BCUT2D eigenvalue weighted by atomic mass is 9.89. The van der Waals surface area contributed by atoms with Gasteiger partial charge >= 0.3 is 6.18 Å². The Morgan fingerprint density at radius 1 is 1.14 bits per heavy atom. The SMILES string of the molecule is Cc1ccc(F)c(-c2ncccn2)c1C(=O)N1CCC[C@@H](C)[C@H]1COc1ccc(C(F)(F)F)cn1. The molecule has 1 aliphatic rings. The number of likely N-dealkylation sites (tertiary alicyclic amines) is 1. The van der Waals surface area contributed by atoms with E-state index < -0.39 is 17.6 Å². The summed E-state index contributed by atoms with van der Waals surface area (Å²) in [4.78, 5) is 27.5. The summed E-state index contributed by atoms with van der Waals surface area (Å²) >= 11 is 0. The molecule has 2 atom stereocenters. The van der Waals surface area contributed by atoms with Crippen molar-refractivity contribution < 1.29 is 27.1 Å². The Morgan fingerprint density at radius 3 is 2.54 bits per heavy atom. The number of alkyl halides is 3. The van der Waals surface area contributed by atoms with E-state index in [1.807, 2.05) is 6.92 Å². The number of carbonyl (C=O) groups is 1. The van der Waals surface area contributed by atoms with Crippen LogP contribution in [0.1, 0.15) is 41.3 Å². The third-order valence-corrected chi connectivity index (χ3v) is 6.21. The highest BCUT2D eigenvalue weighted by Gasteiger charge is 2.36. The van der Waals surface area contributed by atoms with Crippen LogP contribution in [0, 0.1) is 18.7 Å². The maximum Gasteiger partial charge on any atom is 0.417 e. The fourth-order valence-electron chi connectivity index (χ4n) is 4.31. The van der Waals surface area contributed by atoms with Gasteiger partial charge in [-0.1, -0.05) is 13.0 Å². The number of halogens is 4. The summed E-state index contributed by atoms with van der Waals surface area (Å²) in [5.74, 6) is -0.776. The summed E-state index contributed by atoms with van der Waals surface area (Å²) < 4.78 is 59.1. The van der Waals surface area contributed by atoms with Gasteiger partial charge in [-0.05, 0) is 49.4 Å². The van der Waals surface area contributed by atoms with Crippen LogP contribution in [0.15, 0.2) is 48.9 Å². The van der Waals surface area contributed by atoms with Crippen molar-refractivity contribution in [3.05, 3.63) is 71.4 Å². The number of benzene rings is 1. The first-order valence-corrected chi connectivity index (χ1v) is 11.2.